The predicted molar refractivity (Wildman–Crippen MR) is 66.0 cm³/mol. The quantitative estimate of drug-likeness (QED) is 0.640. The van der Waals surface area contributed by atoms with Gasteiger partial charge in [0.15, 0.2) is 0 Å². The predicted octanol–water partition coefficient (Wildman–Crippen LogP) is 2.04. The van der Waals surface area contributed by atoms with Crippen molar-refractivity contribution in [3.05, 3.63) is 0 Å². The first-order chi connectivity index (χ1) is 6.35. The maximum atomic E-state index is 9.60. The minimum atomic E-state index is -0.582. The van der Waals surface area contributed by atoms with Crippen LogP contribution >= 0.6 is 12.6 Å². The highest BCUT2D eigenvalue weighted by molar-refractivity contribution is 7.80. The molecule has 0 rings (SSSR count). The fraction of sp³-hybridized carbons (Fsp3) is 1.00. The van der Waals surface area contributed by atoms with Gasteiger partial charge in [0.05, 0.1) is 5.60 Å². The zero-order chi connectivity index (χ0) is 11.2. The molecular formula is C11H25NOS. The van der Waals surface area contributed by atoms with E-state index >= 15 is 0 Å². The Balaban J connectivity index is 3.58. The monoisotopic (exact) mass is 219 g/mol. The molecule has 1 atom stereocenters. The van der Waals surface area contributed by atoms with Crippen molar-refractivity contribution in [3.63, 3.8) is 0 Å². The van der Waals surface area contributed by atoms with Gasteiger partial charge in [0.2, 0.25) is 0 Å². The Bertz CT molecular complexity index is 145. The summed E-state index contributed by atoms with van der Waals surface area (Å²) < 4.78 is 0. The number of thiol groups is 1. The summed E-state index contributed by atoms with van der Waals surface area (Å²) in [5.74, 6) is 1.70. The first kappa shape index (κ1) is 14.3. The van der Waals surface area contributed by atoms with Crippen molar-refractivity contribution in [1.82, 2.24) is 4.90 Å². The molecule has 0 aromatic rings. The lowest BCUT2D eigenvalue weighted by molar-refractivity contribution is 0.0432. The van der Waals surface area contributed by atoms with E-state index in [9.17, 15) is 5.11 Å². The molecule has 0 aliphatic rings. The van der Waals surface area contributed by atoms with Gasteiger partial charge in [-0.2, -0.15) is 12.6 Å². The van der Waals surface area contributed by atoms with Crippen molar-refractivity contribution >= 4 is 12.6 Å². The Labute approximate surface area is 94.1 Å². The first-order valence-corrected chi connectivity index (χ1v) is 6.00. The van der Waals surface area contributed by atoms with Gasteiger partial charge in [-0.05, 0) is 52.0 Å². The van der Waals surface area contributed by atoms with Crippen LogP contribution in [0.1, 0.15) is 33.6 Å². The van der Waals surface area contributed by atoms with Crippen LogP contribution in [0.5, 0.6) is 0 Å². The molecule has 0 aliphatic heterocycles. The maximum Gasteiger partial charge on any atom is 0.0718 e. The molecule has 3 heteroatoms. The summed E-state index contributed by atoms with van der Waals surface area (Å²) >= 11 is 4.22. The summed E-state index contributed by atoms with van der Waals surface area (Å²) in [4.78, 5) is 2.19. The molecule has 0 saturated heterocycles. The highest BCUT2D eigenvalue weighted by atomic mass is 32.1. The van der Waals surface area contributed by atoms with Crippen molar-refractivity contribution in [3.8, 4) is 0 Å². The Morgan fingerprint density at radius 2 is 1.93 bits per heavy atom. The van der Waals surface area contributed by atoms with Crippen LogP contribution in [0.4, 0.5) is 0 Å². The summed E-state index contributed by atoms with van der Waals surface area (Å²) in [7, 11) is 2.06. The van der Waals surface area contributed by atoms with E-state index in [1.54, 1.807) is 0 Å². The molecule has 0 spiro atoms. The number of rotatable bonds is 7. The van der Waals surface area contributed by atoms with E-state index < -0.39 is 5.60 Å². The van der Waals surface area contributed by atoms with Gasteiger partial charge in [-0.15, -0.1) is 0 Å². The molecule has 0 aliphatic carbocycles. The lowest BCUT2D eigenvalue weighted by Gasteiger charge is -2.26. The molecule has 2 nitrogen and oxygen atoms in total. The molecule has 0 radical (unpaired) electrons. The van der Waals surface area contributed by atoms with Gasteiger partial charge in [-0.25, -0.2) is 0 Å². The Kier molecular flexibility index (Phi) is 6.83. The van der Waals surface area contributed by atoms with E-state index in [0.29, 0.717) is 0 Å². The average molecular weight is 219 g/mol. The lowest BCUT2D eigenvalue weighted by atomic mass is 10.0. The molecule has 0 amide bonds. The fourth-order valence-electron chi connectivity index (χ4n) is 1.55. The highest BCUT2D eigenvalue weighted by Gasteiger charge is 2.15. The van der Waals surface area contributed by atoms with Crippen LogP contribution < -0.4 is 0 Å². The van der Waals surface area contributed by atoms with E-state index in [4.69, 9.17) is 0 Å². The topological polar surface area (TPSA) is 23.5 Å². The smallest absolute Gasteiger partial charge is 0.0718 e. The largest absolute Gasteiger partial charge is 0.389 e. The van der Waals surface area contributed by atoms with Crippen LogP contribution in [0.2, 0.25) is 0 Å². The first-order valence-electron chi connectivity index (χ1n) is 5.37. The molecule has 0 fully saturated rings. The van der Waals surface area contributed by atoms with Gasteiger partial charge >= 0.3 is 0 Å². The van der Waals surface area contributed by atoms with Gasteiger partial charge in [0.25, 0.3) is 0 Å². The van der Waals surface area contributed by atoms with Crippen molar-refractivity contribution in [2.24, 2.45) is 5.92 Å². The third-order valence-electron chi connectivity index (χ3n) is 2.28. The van der Waals surface area contributed by atoms with Crippen LogP contribution in [0.3, 0.4) is 0 Å². The molecule has 14 heavy (non-hydrogen) atoms. The maximum absolute atomic E-state index is 9.60. The highest BCUT2D eigenvalue weighted by Crippen LogP contribution is 2.10. The standard InChI is InChI=1S/C11H25NOS/c1-10(6-8-14)5-7-12(4)9-11(2,3)13/h10,13-14H,5-9H2,1-4H3. The Morgan fingerprint density at radius 1 is 1.36 bits per heavy atom. The summed E-state index contributed by atoms with van der Waals surface area (Å²) in [6.07, 6.45) is 2.37. The van der Waals surface area contributed by atoms with E-state index in [1.807, 2.05) is 13.8 Å². The van der Waals surface area contributed by atoms with Gasteiger partial charge in [-0.1, -0.05) is 6.92 Å². The minimum absolute atomic E-state index is 0.582. The fourth-order valence-corrected chi connectivity index (χ4v) is 1.99. The normalized spacial score (nSPS) is 14.8. The molecule has 86 valence electrons. The third-order valence-corrected chi connectivity index (χ3v) is 2.54. The van der Waals surface area contributed by atoms with Crippen LogP contribution in [-0.2, 0) is 0 Å². The zero-order valence-electron chi connectivity index (χ0n) is 9.95. The van der Waals surface area contributed by atoms with Gasteiger partial charge in [0, 0.05) is 6.54 Å². The Morgan fingerprint density at radius 3 is 2.36 bits per heavy atom. The number of aliphatic hydroxyl groups is 1. The summed E-state index contributed by atoms with van der Waals surface area (Å²) in [5, 5.41) is 9.60. The lowest BCUT2D eigenvalue weighted by Crippen LogP contribution is -2.37. The van der Waals surface area contributed by atoms with E-state index in [2.05, 4.69) is 31.5 Å². The molecule has 0 heterocycles. The average Bonchev–Trinajstić information content (AvgIpc) is 1.98. The number of likely N-dealkylation sites (N-methyl/N-ethyl adjacent to an activating group) is 1. The van der Waals surface area contributed by atoms with Crippen molar-refractivity contribution in [2.45, 2.75) is 39.2 Å². The molecule has 0 bridgehead atoms. The molecule has 1 unspecified atom stereocenters. The van der Waals surface area contributed by atoms with Crippen LogP contribution in [0, 0.1) is 5.92 Å². The van der Waals surface area contributed by atoms with E-state index in [1.165, 1.54) is 12.8 Å². The number of hydrogen-bond acceptors (Lipinski definition) is 3. The Hall–Kier alpha value is 0.270. The molecule has 1 N–H and O–H groups in total. The molecular weight excluding hydrogens is 194 g/mol. The van der Waals surface area contributed by atoms with Crippen molar-refractivity contribution in [1.29, 1.82) is 0 Å². The van der Waals surface area contributed by atoms with E-state index in [-0.39, 0.29) is 0 Å². The van der Waals surface area contributed by atoms with Crippen LogP contribution in [-0.4, -0.2) is 41.5 Å². The minimum Gasteiger partial charge on any atom is -0.389 e. The summed E-state index contributed by atoms with van der Waals surface area (Å²) in [6, 6.07) is 0. The van der Waals surface area contributed by atoms with Crippen molar-refractivity contribution in [2.75, 3.05) is 25.9 Å². The summed E-state index contributed by atoms with van der Waals surface area (Å²) in [5.41, 5.74) is -0.582. The second-order valence-electron chi connectivity index (χ2n) is 4.96. The summed E-state index contributed by atoms with van der Waals surface area (Å²) in [6.45, 7) is 7.75. The molecule has 0 aromatic heterocycles. The van der Waals surface area contributed by atoms with Crippen molar-refractivity contribution < 1.29 is 5.11 Å². The SMILES string of the molecule is CC(CCS)CCN(C)CC(C)(C)O. The zero-order valence-corrected chi connectivity index (χ0v) is 10.8. The second kappa shape index (κ2) is 6.70. The van der Waals surface area contributed by atoms with Gasteiger partial charge < -0.3 is 10.0 Å². The van der Waals surface area contributed by atoms with E-state index in [0.717, 1.165) is 24.8 Å². The van der Waals surface area contributed by atoms with Gasteiger partial charge in [0.1, 0.15) is 0 Å². The van der Waals surface area contributed by atoms with Gasteiger partial charge in [-0.3, -0.25) is 0 Å². The van der Waals surface area contributed by atoms with Crippen LogP contribution in [0.25, 0.3) is 0 Å². The van der Waals surface area contributed by atoms with Crippen LogP contribution in [0.15, 0.2) is 0 Å². The molecule has 0 aromatic carbocycles. The number of hydrogen-bond donors (Lipinski definition) is 2. The molecule has 0 saturated carbocycles. The third kappa shape index (κ3) is 8.85. The number of nitrogens with zero attached hydrogens (tertiary/aromatic N) is 1. The second-order valence-corrected chi connectivity index (χ2v) is 5.40.